The molecule has 0 radical (unpaired) electrons. The molecule has 0 fully saturated rings. The predicted molar refractivity (Wildman–Crippen MR) is 215 cm³/mol. The molecule has 53 heavy (non-hydrogen) atoms. The molecule has 0 atom stereocenters. The Hall–Kier alpha value is -6.85. The smallest absolute Gasteiger partial charge is 0.167 e. The lowest BCUT2D eigenvalue weighted by Crippen LogP contribution is -2.15. The lowest BCUT2D eigenvalue weighted by atomic mass is 9.82. The molecule has 0 saturated carbocycles. The van der Waals surface area contributed by atoms with Crippen molar-refractivity contribution >= 4 is 43.7 Å². The van der Waals surface area contributed by atoms with Crippen molar-refractivity contribution < 1.29 is 4.42 Å². The van der Waals surface area contributed by atoms with E-state index in [1.165, 1.54) is 22.3 Å². The Labute approximate surface area is 305 Å². The Balaban J connectivity index is 1.15. The van der Waals surface area contributed by atoms with Crippen LogP contribution in [0.4, 0.5) is 0 Å². The molecule has 7 aromatic carbocycles. The molecule has 0 spiro atoms. The molecule has 5 heteroatoms. The molecular formula is C48H32N4O. The van der Waals surface area contributed by atoms with Gasteiger partial charge in [0, 0.05) is 38.4 Å². The zero-order valence-electron chi connectivity index (χ0n) is 29.2. The molecule has 0 saturated heterocycles. The second kappa shape index (κ2) is 11.1. The summed E-state index contributed by atoms with van der Waals surface area (Å²) in [6.07, 6.45) is 0. The van der Waals surface area contributed by atoms with E-state index in [9.17, 15) is 0 Å². The first-order chi connectivity index (χ1) is 26.0. The molecule has 1 aliphatic rings. The highest BCUT2D eigenvalue weighted by atomic mass is 16.3. The van der Waals surface area contributed by atoms with Crippen molar-refractivity contribution in [1.29, 1.82) is 0 Å². The minimum atomic E-state index is -0.144. The number of benzene rings is 7. The summed E-state index contributed by atoms with van der Waals surface area (Å²) in [4.78, 5) is 15.4. The van der Waals surface area contributed by atoms with Crippen LogP contribution in [-0.2, 0) is 5.41 Å². The van der Waals surface area contributed by atoms with Crippen LogP contribution in [0.1, 0.15) is 25.0 Å². The van der Waals surface area contributed by atoms with Gasteiger partial charge in [0.1, 0.15) is 11.2 Å². The van der Waals surface area contributed by atoms with E-state index < -0.39 is 0 Å². The summed E-state index contributed by atoms with van der Waals surface area (Å²) in [6.45, 7) is 4.60. The maximum atomic E-state index is 7.01. The summed E-state index contributed by atoms with van der Waals surface area (Å²) in [5, 5.41) is 4.32. The Bertz CT molecular complexity index is 3080. The standard InChI is InChI=1S/C48H32N4O/c1-48(2)38-22-11-9-18-32(38)33-25-24-30(28-39(33)48)46-49-45(29-14-5-3-6-15-29)50-47(51-46)37-21-13-20-34-35-26-27-41-42(44(35)53-43(34)37)36-19-10-12-23-40(36)52(41)31-16-7-4-8-17-31/h3-28H,1-2H3. The van der Waals surface area contributed by atoms with Gasteiger partial charge in [0.25, 0.3) is 0 Å². The van der Waals surface area contributed by atoms with E-state index in [1.54, 1.807) is 0 Å². The fourth-order valence-electron chi connectivity index (χ4n) is 8.52. The number of nitrogens with zero attached hydrogens (tertiary/aromatic N) is 4. The van der Waals surface area contributed by atoms with Crippen LogP contribution in [0, 0.1) is 0 Å². The third kappa shape index (κ3) is 4.34. The summed E-state index contributed by atoms with van der Waals surface area (Å²) in [7, 11) is 0. The van der Waals surface area contributed by atoms with Crippen LogP contribution < -0.4 is 0 Å². The zero-order valence-corrected chi connectivity index (χ0v) is 29.2. The van der Waals surface area contributed by atoms with Gasteiger partial charge >= 0.3 is 0 Å². The lowest BCUT2D eigenvalue weighted by Gasteiger charge is -2.21. The molecule has 3 heterocycles. The Kier molecular flexibility index (Phi) is 6.23. The summed E-state index contributed by atoms with van der Waals surface area (Å²) in [6, 6.07) is 55.2. The highest BCUT2D eigenvalue weighted by Crippen LogP contribution is 2.49. The average molecular weight is 681 g/mol. The van der Waals surface area contributed by atoms with Crippen LogP contribution >= 0.6 is 0 Å². The minimum absolute atomic E-state index is 0.144. The van der Waals surface area contributed by atoms with E-state index in [4.69, 9.17) is 19.4 Å². The van der Waals surface area contributed by atoms with E-state index in [0.29, 0.717) is 17.5 Å². The third-order valence-electron chi connectivity index (χ3n) is 11.1. The van der Waals surface area contributed by atoms with E-state index in [-0.39, 0.29) is 5.41 Å². The van der Waals surface area contributed by atoms with Gasteiger partial charge in [0.05, 0.1) is 22.0 Å². The normalized spacial score (nSPS) is 13.2. The molecule has 10 aromatic rings. The summed E-state index contributed by atoms with van der Waals surface area (Å²) in [5.41, 5.74) is 12.7. The van der Waals surface area contributed by atoms with E-state index >= 15 is 0 Å². The number of para-hydroxylation sites is 3. The number of hydrogen-bond donors (Lipinski definition) is 0. The maximum Gasteiger partial charge on any atom is 0.167 e. The van der Waals surface area contributed by atoms with Crippen molar-refractivity contribution in [3.05, 3.63) is 169 Å². The molecular weight excluding hydrogens is 649 g/mol. The van der Waals surface area contributed by atoms with Crippen molar-refractivity contribution in [3.8, 4) is 51.0 Å². The summed E-state index contributed by atoms with van der Waals surface area (Å²) in [5.74, 6) is 1.82. The molecule has 0 aliphatic heterocycles. The average Bonchev–Trinajstić information content (AvgIpc) is 3.84. The van der Waals surface area contributed by atoms with Crippen LogP contribution in [0.2, 0.25) is 0 Å². The monoisotopic (exact) mass is 680 g/mol. The second-order valence-corrected chi connectivity index (χ2v) is 14.4. The number of hydrogen-bond acceptors (Lipinski definition) is 4. The SMILES string of the molecule is CC1(C)c2ccccc2-c2ccc(-c3nc(-c4ccccc4)nc(-c4cccc5c4oc4c5ccc5c4c4ccccc4n5-c4ccccc4)n3)cc21. The Morgan fingerprint density at radius 1 is 0.453 bits per heavy atom. The lowest BCUT2D eigenvalue weighted by molar-refractivity contribution is 0.660. The van der Waals surface area contributed by atoms with Crippen molar-refractivity contribution in [1.82, 2.24) is 19.5 Å². The van der Waals surface area contributed by atoms with Crippen LogP contribution in [0.5, 0.6) is 0 Å². The van der Waals surface area contributed by atoms with Gasteiger partial charge in [-0.15, -0.1) is 0 Å². The van der Waals surface area contributed by atoms with Gasteiger partial charge in [-0.05, 0) is 64.7 Å². The summed E-state index contributed by atoms with van der Waals surface area (Å²) < 4.78 is 9.33. The van der Waals surface area contributed by atoms with Crippen molar-refractivity contribution in [2.45, 2.75) is 19.3 Å². The molecule has 1 aliphatic carbocycles. The molecule has 0 N–H and O–H groups in total. The highest BCUT2D eigenvalue weighted by Gasteiger charge is 2.35. The molecule has 0 unspecified atom stereocenters. The van der Waals surface area contributed by atoms with Crippen LogP contribution in [0.25, 0.3) is 94.7 Å². The first-order valence-corrected chi connectivity index (χ1v) is 18.0. The van der Waals surface area contributed by atoms with Crippen LogP contribution in [0.3, 0.4) is 0 Å². The number of rotatable bonds is 4. The Morgan fingerprint density at radius 3 is 1.94 bits per heavy atom. The van der Waals surface area contributed by atoms with Gasteiger partial charge in [-0.2, -0.15) is 0 Å². The minimum Gasteiger partial charge on any atom is -0.455 e. The number of aromatic nitrogens is 4. The molecule has 3 aromatic heterocycles. The number of fused-ring (bicyclic) bond motifs is 10. The number of furan rings is 1. The zero-order chi connectivity index (χ0) is 35.3. The van der Waals surface area contributed by atoms with E-state index in [0.717, 1.165) is 66.1 Å². The van der Waals surface area contributed by atoms with Crippen LogP contribution in [0.15, 0.2) is 162 Å². The maximum absolute atomic E-state index is 7.01. The molecule has 250 valence electrons. The predicted octanol–water partition coefficient (Wildman–Crippen LogP) is 12.2. The fraction of sp³-hybridized carbons (Fsp3) is 0.0625. The molecule has 0 amide bonds. The topological polar surface area (TPSA) is 56.7 Å². The molecule has 0 bridgehead atoms. The summed E-state index contributed by atoms with van der Waals surface area (Å²) >= 11 is 0. The van der Waals surface area contributed by atoms with Crippen molar-refractivity contribution in [2.24, 2.45) is 0 Å². The van der Waals surface area contributed by atoms with E-state index in [1.807, 2.05) is 30.3 Å². The quantitative estimate of drug-likeness (QED) is 0.186. The van der Waals surface area contributed by atoms with Gasteiger partial charge in [0.2, 0.25) is 0 Å². The molecule has 11 rings (SSSR count). The fourth-order valence-corrected chi connectivity index (χ4v) is 8.52. The van der Waals surface area contributed by atoms with Crippen molar-refractivity contribution in [3.63, 3.8) is 0 Å². The largest absolute Gasteiger partial charge is 0.455 e. The third-order valence-corrected chi connectivity index (χ3v) is 11.1. The van der Waals surface area contributed by atoms with Gasteiger partial charge in [-0.25, -0.2) is 15.0 Å². The van der Waals surface area contributed by atoms with Gasteiger partial charge in [-0.3, -0.25) is 0 Å². The Morgan fingerprint density at radius 2 is 1.09 bits per heavy atom. The highest BCUT2D eigenvalue weighted by molar-refractivity contribution is 6.24. The van der Waals surface area contributed by atoms with Gasteiger partial charge < -0.3 is 8.98 Å². The first kappa shape index (κ1) is 29.8. The second-order valence-electron chi connectivity index (χ2n) is 14.4. The van der Waals surface area contributed by atoms with Crippen LogP contribution in [-0.4, -0.2) is 19.5 Å². The van der Waals surface area contributed by atoms with Gasteiger partial charge in [0.15, 0.2) is 17.5 Å². The van der Waals surface area contributed by atoms with E-state index in [2.05, 4.69) is 146 Å². The van der Waals surface area contributed by atoms with Crippen molar-refractivity contribution in [2.75, 3.05) is 0 Å². The first-order valence-electron chi connectivity index (χ1n) is 18.0. The molecule has 5 nitrogen and oxygen atoms in total. The van der Waals surface area contributed by atoms with Gasteiger partial charge in [-0.1, -0.05) is 129 Å².